The highest BCUT2D eigenvalue weighted by Crippen LogP contribution is 2.24. The first-order chi connectivity index (χ1) is 12.7. The highest BCUT2D eigenvalue weighted by molar-refractivity contribution is 7.89. The summed E-state index contributed by atoms with van der Waals surface area (Å²) in [5.74, 6) is -2.04. The number of rotatable bonds is 7. The average Bonchev–Trinajstić information content (AvgIpc) is 2.62. The van der Waals surface area contributed by atoms with E-state index < -0.39 is 21.9 Å². The van der Waals surface area contributed by atoms with Crippen LogP contribution in [0, 0.1) is 0 Å². The van der Waals surface area contributed by atoms with Crippen LogP contribution in [0.1, 0.15) is 34.6 Å². The Morgan fingerprint density at radius 2 is 1.78 bits per heavy atom. The Morgan fingerprint density at radius 3 is 2.37 bits per heavy atom. The Balaban J connectivity index is 2.37. The van der Waals surface area contributed by atoms with Crippen molar-refractivity contribution in [2.24, 2.45) is 0 Å². The van der Waals surface area contributed by atoms with Crippen molar-refractivity contribution in [3.63, 3.8) is 0 Å². The SMILES string of the molecule is CCN(CC)S(=O)(=O)c1ccc(Cl)c(C(=O)Nc2cccc(C(=O)[O-])c2)c1. The van der Waals surface area contributed by atoms with Crippen LogP contribution < -0.4 is 10.4 Å². The number of carbonyl (C=O) groups is 2. The van der Waals surface area contributed by atoms with E-state index in [4.69, 9.17) is 11.6 Å². The van der Waals surface area contributed by atoms with Crippen LogP contribution in [-0.4, -0.2) is 37.7 Å². The zero-order chi connectivity index (χ0) is 20.2. The molecule has 2 aromatic rings. The van der Waals surface area contributed by atoms with Gasteiger partial charge in [-0.05, 0) is 35.9 Å². The predicted molar refractivity (Wildman–Crippen MR) is 100 cm³/mol. The first-order valence-electron chi connectivity index (χ1n) is 8.13. The summed E-state index contributed by atoms with van der Waals surface area (Å²) in [7, 11) is -3.76. The molecule has 0 aliphatic rings. The molecule has 1 N–H and O–H groups in total. The first kappa shape index (κ1) is 20.9. The fraction of sp³-hybridized carbons (Fsp3) is 0.222. The van der Waals surface area contributed by atoms with Crippen molar-refractivity contribution in [2.75, 3.05) is 18.4 Å². The maximum atomic E-state index is 12.6. The van der Waals surface area contributed by atoms with Gasteiger partial charge in [-0.1, -0.05) is 37.6 Å². The lowest BCUT2D eigenvalue weighted by Gasteiger charge is -2.19. The largest absolute Gasteiger partial charge is 0.545 e. The monoisotopic (exact) mass is 409 g/mol. The molecule has 0 saturated heterocycles. The van der Waals surface area contributed by atoms with Gasteiger partial charge >= 0.3 is 0 Å². The topological polar surface area (TPSA) is 107 Å². The van der Waals surface area contributed by atoms with Gasteiger partial charge in [0.1, 0.15) is 0 Å². The third kappa shape index (κ3) is 4.65. The quantitative estimate of drug-likeness (QED) is 0.752. The van der Waals surface area contributed by atoms with E-state index in [1.807, 2.05) is 0 Å². The van der Waals surface area contributed by atoms with Crippen LogP contribution in [-0.2, 0) is 10.0 Å². The van der Waals surface area contributed by atoms with Crippen LogP contribution in [0.2, 0.25) is 5.02 Å². The highest BCUT2D eigenvalue weighted by Gasteiger charge is 2.24. The summed E-state index contributed by atoms with van der Waals surface area (Å²) in [6.07, 6.45) is 0. The lowest BCUT2D eigenvalue weighted by Crippen LogP contribution is -2.30. The molecule has 0 spiro atoms. The van der Waals surface area contributed by atoms with Gasteiger partial charge in [-0.15, -0.1) is 0 Å². The van der Waals surface area contributed by atoms with E-state index in [0.717, 1.165) is 0 Å². The first-order valence-corrected chi connectivity index (χ1v) is 9.95. The fourth-order valence-corrected chi connectivity index (χ4v) is 4.16. The molecular weight excluding hydrogens is 392 g/mol. The van der Waals surface area contributed by atoms with Crippen LogP contribution in [0.3, 0.4) is 0 Å². The molecule has 0 saturated carbocycles. The zero-order valence-electron chi connectivity index (χ0n) is 14.7. The third-order valence-electron chi connectivity index (χ3n) is 3.88. The summed E-state index contributed by atoms with van der Waals surface area (Å²) >= 11 is 6.06. The fourth-order valence-electron chi connectivity index (χ4n) is 2.47. The Morgan fingerprint density at radius 1 is 1.11 bits per heavy atom. The van der Waals surface area contributed by atoms with Gasteiger partial charge in [0, 0.05) is 18.8 Å². The Kier molecular flexibility index (Phi) is 6.59. The molecule has 0 radical (unpaired) electrons. The van der Waals surface area contributed by atoms with Gasteiger partial charge in [0.2, 0.25) is 10.0 Å². The minimum atomic E-state index is -3.76. The van der Waals surface area contributed by atoms with Gasteiger partial charge in [-0.25, -0.2) is 8.42 Å². The molecule has 1 amide bonds. The summed E-state index contributed by atoms with van der Waals surface area (Å²) in [6.45, 7) is 4.02. The number of benzene rings is 2. The molecule has 27 heavy (non-hydrogen) atoms. The number of carboxylic acid groups (broad SMARTS) is 1. The van der Waals surface area contributed by atoms with Gasteiger partial charge in [-0.2, -0.15) is 4.31 Å². The molecule has 0 unspecified atom stereocenters. The number of anilines is 1. The molecule has 0 bridgehead atoms. The number of carboxylic acids is 1. The summed E-state index contributed by atoms with van der Waals surface area (Å²) in [5.41, 5.74) is 0.0790. The average molecular weight is 410 g/mol. The summed E-state index contributed by atoms with van der Waals surface area (Å²) < 4.78 is 26.5. The number of carbonyl (C=O) groups excluding carboxylic acids is 2. The number of sulfonamides is 1. The van der Waals surface area contributed by atoms with Gasteiger partial charge < -0.3 is 15.2 Å². The van der Waals surface area contributed by atoms with E-state index >= 15 is 0 Å². The van der Waals surface area contributed by atoms with Gasteiger partial charge in [0.25, 0.3) is 5.91 Å². The Bertz CT molecular complexity index is 971. The van der Waals surface area contributed by atoms with Crippen LogP contribution >= 0.6 is 11.6 Å². The minimum absolute atomic E-state index is 0.0382. The molecule has 9 heteroatoms. The molecule has 0 aromatic heterocycles. The molecular formula is C18H18ClN2O5S-. The van der Waals surface area contributed by atoms with E-state index in [0.29, 0.717) is 13.1 Å². The highest BCUT2D eigenvalue weighted by atomic mass is 35.5. The van der Waals surface area contributed by atoms with Gasteiger partial charge in [0.05, 0.1) is 21.5 Å². The number of hydrogen-bond donors (Lipinski definition) is 1. The second-order valence-electron chi connectivity index (χ2n) is 5.55. The van der Waals surface area contributed by atoms with Crippen LogP contribution in [0.4, 0.5) is 5.69 Å². The maximum absolute atomic E-state index is 12.6. The summed E-state index contributed by atoms with van der Waals surface area (Å²) in [4.78, 5) is 23.4. The van der Waals surface area contributed by atoms with Crippen LogP contribution in [0.5, 0.6) is 0 Å². The summed E-state index contributed by atoms with van der Waals surface area (Å²) in [6, 6.07) is 9.38. The lowest BCUT2D eigenvalue weighted by atomic mass is 10.1. The molecule has 0 aliphatic heterocycles. The van der Waals surface area contributed by atoms with Crippen LogP contribution in [0.15, 0.2) is 47.4 Å². The number of hydrogen-bond acceptors (Lipinski definition) is 5. The molecule has 0 aliphatic carbocycles. The van der Waals surface area contributed by atoms with Crippen LogP contribution in [0.25, 0.3) is 0 Å². The normalized spacial score (nSPS) is 11.4. The van der Waals surface area contributed by atoms with Crippen molar-refractivity contribution in [1.82, 2.24) is 4.31 Å². The predicted octanol–water partition coefficient (Wildman–Crippen LogP) is 1.99. The molecule has 2 rings (SSSR count). The van der Waals surface area contributed by atoms with Crippen molar-refractivity contribution in [2.45, 2.75) is 18.7 Å². The van der Waals surface area contributed by atoms with Crippen molar-refractivity contribution in [3.8, 4) is 0 Å². The number of halogens is 1. The standard InChI is InChI=1S/C18H19ClN2O5S/c1-3-21(4-2)27(25,26)14-8-9-16(19)15(11-14)17(22)20-13-7-5-6-12(10-13)18(23)24/h5-11H,3-4H2,1-2H3,(H,20,22)(H,23,24)/p-1. The van der Waals surface area contributed by atoms with Crippen molar-refractivity contribution in [3.05, 3.63) is 58.6 Å². The third-order valence-corrected chi connectivity index (χ3v) is 6.26. The molecule has 0 atom stereocenters. The van der Waals surface area contributed by atoms with E-state index in [2.05, 4.69) is 5.32 Å². The number of aromatic carboxylic acids is 1. The Hall–Kier alpha value is -2.42. The number of nitrogens with one attached hydrogen (secondary N) is 1. The Labute approximate surface area is 162 Å². The van der Waals surface area contributed by atoms with E-state index in [1.165, 1.54) is 46.8 Å². The molecule has 0 heterocycles. The van der Waals surface area contributed by atoms with E-state index in [-0.39, 0.29) is 26.7 Å². The van der Waals surface area contributed by atoms with Gasteiger partial charge in [0.15, 0.2) is 0 Å². The lowest BCUT2D eigenvalue weighted by molar-refractivity contribution is -0.255. The molecule has 0 fully saturated rings. The minimum Gasteiger partial charge on any atom is -0.545 e. The smallest absolute Gasteiger partial charge is 0.257 e. The van der Waals surface area contributed by atoms with E-state index in [9.17, 15) is 23.1 Å². The molecule has 7 nitrogen and oxygen atoms in total. The van der Waals surface area contributed by atoms with Crippen molar-refractivity contribution < 1.29 is 23.1 Å². The van der Waals surface area contributed by atoms with Crippen molar-refractivity contribution >= 4 is 39.2 Å². The maximum Gasteiger partial charge on any atom is 0.257 e. The van der Waals surface area contributed by atoms with Crippen molar-refractivity contribution in [1.29, 1.82) is 0 Å². The second-order valence-corrected chi connectivity index (χ2v) is 7.90. The zero-order valence-corrected chi connectivity index (χ0v) is 16.3. The molecule has 2 aromatic carbocycles. The van der Waals surface area contributed by atoms with E-state index in [1.54, 1.807) is 13.8 Å². The number of amides is 1. The second kappa shape index (κ2) is 8.51. The van der Waals surface area contributed by atoms with Gasteiger partial charge in [-0.3, -0.25) is 4.79 Å². The summed E-state index contributed by atoms with van der Waals surface area (Å²) in [5, 5.41) is 13.5. The number of nitrogens with zero attached hydrogens (tertiary/aromatic N) is 1. The molecule has 144 valence electrons.